The largest absolute Gasteiger partial charge is 0.480 e. The topological polar surface area (TPSA) is 92.7 Å². The summed E-state index contributed by atoms with van der Waals surface area (Å²) in [6.45, 7) is 5.02. The van der Waals surface area contributed by atoms with Gasteiger partial charge in [-0.15, -0.1) is 0 Å². The Morgan fingerprint density at radius 2 is 2.00 bits per heavy atom. The fraction of sp³-hybridized carbons (Fsp3) is 0.667. The average molecular weight is 217 g/mol. The maximum Gasteiger partial charge on any atom is 0.326 e. The van der Waals surface area contributed by atoms with E-state index in [0.29, 0.717) is 0 Å². The molecule has 0 aliphatic carbocycles. The molecular formula is C9H15NO5. The number of esters is 1. The second-order valence-electron chi connectivity index (χ2n) is 3.97. The SMILES string of the molecule is CC(C)(C)OC(=O)CC(NC=O)C(=O)O. The summed E-state index contributed by atoms with van der Waals surface area (Å²) in [5.74, 6) is -1.93. The lowest BCUT2D eigenvalue weighted by Gasteiger charge is -2.20. The number of rotatable bonds is 5. The quantitative estimate of drug-likeness (QED) is 0.496. The van der Waals surface area contributed by atoms with Gasteiger partial charge in [-0.05, 0) is 20.8 Å². The number of hydrogen-bond donors (Lipinski definition) is 2. The molecule has 0 aliphatic heterocycles. The zero-order chi connectivity index (χ0) is 12.1. The summed E-state index contributed by atoms with van der Waals surface area (Å²) in [6, 6.07) is -1.24. The van der Waals surface area contributed by atoms with Gasteiger partial charge < -0.3 is 15.2 Å². The van der Waals surface area contributed by atoms with Crippen LogP contribution < -0.4 is 5.32 Å². The number of carboxylic acids is 1. The lowest BCUT2D eigenvalue weighted by molar-refractivity contribution is -0.158. The highest BCUT2D eigenvalue weighted by molar-refractivity contribution is 5.83. The van der Waals surface area contributed by atoms with Gasteiger partial charge in [-0.3, -0.25) is 9.59 Å². The second-order valence-corrected chi connectivity index (χ2v) is 3.97. The first-order valence-corrected chi connectivity index (χ1v) is 4.40. The van der Waals surface area contributed by atoms with Crippen molar-refractivity contribution in [3.05, 3.63) is 0 Å². The van der Waals surface area contributed by atoms with Crippen molar-refractivity contribution in [1.82, 2.24) is 5.32 Å². The predicted molar refractivity (Wildman–Crippen MR) is 51.1 cm³/mol. The van der Waals surface area contributed by atoms with E-state index in [1.54, 1.807) is 20.8 Å². The van der Waals surface area contributed by atoms with Crippen molar-refractivity contribution < 1.29 is 24.2 Å². The van der Waals surface area contributed by atoms with Crippen molar-refractivity contribution >= 4 is 18.3 Å². The molecule has 0 aromatic rings. The molecule has 0 bridgehead atoms. The molecule has 15 heavy (non-hydrogen) atoms. The minimum atomic E-state index is -1.27. The molecule has 2 N–H and O–H groups in total. The van der Waals surface area contributed by atoms with E-state index in [0.717, 1.165) is 0 Å². The standard InChI is InChI=1S/C9H15NO5/c1-9(2,3)15-7(12)4-6(8(13)14)10-5-11/h5-6H,4H2,1-3H3,(H,10,11)(H,13,14). The van der Waals surface area contributed by atoms with Gasteiger partial charge in [0.05, 0.1) is 6.42 Å². The predicted octanol–water partition coefficient (Wildman–Crippen LogP) is -0.0826. The third kappa shape index (κ3) is 6.48. The molecule has 0 aromatic carbocycles. The van der Waals surface area contributed by atoms with Gasteiger partial charge in [-0.1, -0.05) is 0 Å². The first-order valence-electron chi connectivity index (χ1n) is 4.40. The number of hydrogen-bond acceptors (Lipinski definition) is 4. The van der Waals surface area contributed by atoms with Gasteiger partial charge >= 0.3 is 11.9 Å². The van der Waals surface area contributed by atoms with Crippen LogP contribution in [-0.2, 0) is 19.1 Å². The van der Waals surface area contributed by atoms with E-state index in [1.807, 2.05) is 5.32 Å². The normalized spacial score (nSPS) is 12.7. The molecule has 0 rings (SSSR count). The maximum atomic E-state index is 11.2. The van der Waals surface area contributed by atoms with Gasteiger partial charge in [0.1, 0.15) is 11.6 Å². The Hall–Kier alpha value is -1.59. The number of amides is 1. The molecule has 1 atom stereocenters. The van der Waals surface area contributed by atoms with Crippen molar-refractivity contribution in [1.29, 1.82) is 0 Å². The monoisotopic (exact) mass is 217 g/mol. The minimum Gasteiger partial charge on any atom is -0.480 e. The van der Waals surface area contributed by atoms with Crippen LogP contribution in [0.5, 0.6) is 0 Å². The number of carbonyl (C=O) groups excluding carboxylic acids is 2. The van der Waals surface area contributed by atoms with Crippen LogP contribution in [0.25, 0.3) is 0 Å². The van der Waals surface area contributed by atoms with Gasteiger partial charge in [-0.25, -0.2) is 4.79 Å². The summed E-state index contributed by atoms with van der Waals surface area (Å²) in [5, 5.41) is 10.6. The molecule has 0 spiro atoms. The van der Waals surface area contributed by atoms with Crippen LogP contribution in [0.15, 0.2) is 0 Å². The molecule has 0 heterocycles. The molecule has 1 amide bonds. The van der Waals surface area contributed by atoms with Gasteiger partial charge in [0.25, 0.3) is 0 Å². The first kappa shape index (κ1) is 13.4. The van der Waals surface area contributed by atoms with Gasteiger partial charge in [0.2, 0.25) is 6.41 Å². The molecule has 0 fully saturated rings. The van der Waals surface area contributed by atoms with E-state index in [2.05, 4.69) is 0 Å². The van der Waals surface area contributed by atoms with Crippen LogP contribution in [0.4, 0.5) is 0 Å². The van der Waals surface area contributed by atoms with Crippen molar-refractivity contribution in [2.24, 2.45) is 0 Å². The highest BCUT2D eigenvalue weighted by Gasteiger charge is 2.24. The van der Waals surface area contributed by atoms with Crippen molar-refractivity contribution in [3.8, 4) is 0 Å². The van der Waals surface area contributed by atoms with Crippen molar-refractivity contribution in [2.45, 2.75) is 38.8 Å². The zero-order valence-electron chi connectivity index (χ0n) is 8.94. The smallest absolute Gasteiger partial charge is 0.326 e. The fourth-order valence-electron chi connectivity index (χ4n) is 0.849. The lowest BCUT2D eigenvalue weighted by Crippen LogP contribution is -2.39. The Balaban J connectivity index is 4.23. The van der Waals surface area contributed by atoms with E-state index in [4.69, 9.17) is 9.84 Å². The van der Waals surface area contributed by atoms with Gasteiger partial charge in [0, 0.05) is 0 Å². The number of nitrogens with one attached hydrogen (secondary N) is 1. The van der Waals surface area contributed by atoms with Crippen LogP contribution in [0.2, 0.25) is 0 Å². The van der Waals surface area contributed by atoms with E-state index < -0.39 is 23.6 Å². The highest BCUT2D eigenvalue weighted by Crippen LogP contribution is 2.09. The molecule has 6 nitrogen and oxygen atoms in total. The number of carbonyl (C=O) groups is 3. The summed E-state index contributed by atoms with van der Waals surface area (Å²) in [5.41, 5.74) is -0.665. The fourth-order valence-corrected chi connectivity index (χ4v) is 0.849. The lowest BCUT2D eigenvalue weighted by atomic mass is 10.1. The number of ether oxygens (including phenoxy) is 1. The van der Waals surface area contributed by atoms with E-state index >= 15 is 0 Å². The third-order valence-corrected chi connectivity index (χ3v) is 1.36. The molecule has 86 valence electrons. The molecular weight excluding hydrogens is 202 g/mol. The van der Waals surface area contributed by atoms with Crippen LogP contribution in [-0.4, -0.2) is 35.1 Å². The van der Waals surface area contributed by atoms with Crippen molar-refractivity contribution in [3.63, 3.8) is 0 Å². The Labute approximate surface area is 87.6 Å². The van der Waals surface area contributed by atoms with E-state index in [1.165, 1.54) is 0 Å². The second kappa shape index (κ2) is 5.33. The Bertz CT molecular complexity index is 256. The molecule has 6 heteroatoms. The van der Waals surface area contributed by atoms with E-state index in [-0.39, 0.29) is 12.8 Å². The maximum absolute atomic E-state index is 11.2. The average Bonchev–Trinajstić information content (AvgIpc) is 1.99. The molecule has 0 aromatic heterocycles. The first-order chi connectivity index (χ1) is 6.76. The molecule has 0 saturated heterocycles. The summed E-state index contributed by atoms with van der Waals surface area (Å²) in [4.78, 5) is 31.8. The van der Waals surface area contributed by atoms with Gasteiger partial charge in [-0.2, -0.15) is 0 Å². The zero-order valence-corrected chi connectivity index (χ0v) is 8.94. The Kier molecular flexibility index (Phi) is 4.77. The third-order valence-electron chi connectivity index (χ3n) is 1.36. The summed E-state index contributed by atoms with van der Waals surface area (Å²) >= 11 is 0. The summed E-state index contributed by atoms with van der Waals surface area (Å²) in [6.07, 6.45) is -0.144. The van der Waals surface area contributed by atoms with Crippen molar-refractivity contribution in [2.75, 3.05) is 0 Å². The Morgan fingerprint density at radius 3 is 2.33 bits per heavy atom. The molecule has 0 radical (unpaired) electrons. The molecule has 0 aliphatic rings. The summed E-state index contributed by atoms with van der Waals surface area (Å²) < 4.78 is 4.91. The summed E-state index contributed by atoms with van der Waals surface area (Å²) in [7, 11) is 0. The number of aliphatic carboxylic acids is 1. The Morgan fingerprint density at radius 1 is 1.47 bits per heavy atom. The highest BCUT2D eigenvalue weighted by atomic mass is 16.6. The van der Waals surface area contributed by atoms with E-state index in [9.17, 15) is 14.4 Å². The van der Waals surface area contributed by atoms with Crippen LogP contribution in [0.3, 0.4) is 0 Å². The molecule has 1 unspecified atom stereocenters. The van der Waals surface area contributed by atoms with Crippen LogP contribution in [0.1, 0.15) is 27.2 Å². The van der Waals surface area contributed by atoms with Gasteiger partial charge in [0.15, 0.2) is 0 Å². The minimum absolute atomic E-state index is 0.239. The van der Waals surface area contributed by atoms with Crippen LogP contribution >= 0.6 is 0 Å². The molecule has 0 saturated carbocycles. The van der Waals surface area contributed by atoms with Crippen LogP contribution in [0, 0.1) is 0 Å². The number of carboxylic acid groups (broad SMARTS) is 1.